The number of fused-ring (bicyclic) bond motifs is 1. The molecule has 2 heterocycles. The second-order valence-electron chi connectivity index (χ2n) is 10.3. The van der Waals surface area contributed by atoms with E-state index >= 15 is 0 Å². The van der Waals surface area contributed by atoms with Gasteiger partial charge in [-0.1, -0.05) is 32.9 Å². The van der Waals surface area contributed by atoms with Crippen LogP contribution in [0.5, 0.6) is 0 Å². The third kappa shape index (κ3) is 5.12. The lowest BCUT2D eigenvalue weighted by atomic mass is 9.90. The number of aromatic nitrogens is 2. The van der Waals surface area contributed by atoms with Crippen molar-refractivity contribution in [3.8, 4) is 0 Å². The van der Waals surface area contributed by atoms with Crippen LogP contribution >= 0.6 is 0 Å². The van der Waals surface area contributed by atoms with Gasteiger partial charge in [-0.05, 0) is 80.4 Å². The van der Waals surface area contributed by atoms with E-state index in [0.717, 1.165) is 38.2 Å². The summed E-state index contributed by atoms with van der Waals surface area (Å²) < 4.78 is 6.46. The van der Waals surface area contributed by atoms with Crippen LogP contribution in [0.3, 0.4) is 0 Å². The summed E-state index contributed by atoms with van der Waals surface area (Å²) in [5.41, 5.74) is 5.07. The summed E-state index contributed by atoms with van der Waals surface area (Å²) in [6, 6.07) is 6.83. The van der Waals surface area contributed by atoms with Gasteiger partial charge < -0.3 is 9.33 Å². The Morgan fingerprint density at radius 1 is 1.20 bits per heavy atom. The van der Waals surface area contributed by atoms with Gasteiger partial charge in [0.15, 0.2) is 8.32 Å². The smallest absolute Gasteiger partial charge is 0.191 e. The summed E-state index contributed by atoms with van der Waals surface area (Å²) >= 11 is 0. The van der Waals surface area contributed by atoms with Crippen LogP contribution in [-0.4, -0.2) is 31.4 Å². The van der Waals surface area contributed by atoms with Crippen LogP contribution in [0.4, 0.5) is 5.82 Å². The van der Waals surface area contributed by atoms with Gasteiger partial charge in [0.25, 0.3) is 0 Å². The molecule has 2 aromatic rings. The predicted molar refractivity (Wildman–Crippen MR) is 129 cm³/mol. The first-order chi connectivity index (χ1) is 14.1. The zero-order valence-corrected chi connectivity index (χ0v) is 21.0. The van der Waals surface area contributed by atoms with E-state index in [1.54, 1.807) is 0 Å². The van der Waals surface area contributed by atoms with Crippen LogP contribution in [0.1, 0.15) is 68.5 Å². The Kier molecular flexibility index (Phi) is 7.03. The Balaban J connectivity index is 1.81. The van der Waals surface area contributed by atoms with Gasteiger partial charge in [0.1, 0.15) is 5.82 Å². The fraction of sp³-hybridized carbons (Fsp3) is 0.600. The quantitative estimate of drug-likeness (QED) is 0.380. The summed E-state index contributed by atoms with van der Waals surface area (Å²) in [4.78, 5) is 12.2. The normalized spacial score (nSPS) is 17.0. The lowest BCUT2D eigenvalue weighted by Gasteiger charge is -2.38. The number of aryl methyl sites for hydroxylation is 3. The average molecular weight is 426 g/mol. The highest BCUT2D eigenvalue weighted by Gasteiger charge is 2.37. The third-order valence-electron chi connectivity index (χ3n) is 6.81. The minimum absolute atomic E-state index is 0.244. The van der Waals surface area contributed by atoms with Crippen molar-refractivity contribution in [3.05, 3.63) is 53.0 Å². The van der Waals surface area contributed by atoms with E-state index in [9.17, 15) is 0 Å². The van der Waals surface area contributed by atoms with Crippen molar-refractivity contribution in [2.24, 2.45) is 0 Å². The monoisotopic (exact) mass is 425 g/mol. The number of hydrogen-bond donors (Lipinski definition) is 0. The van der Waals surface area contributed by atoms with Crippen LogP contribution in [0.15, 0.2) is 30.6 Å². The molecular formula is C25H39N3OSi. The van der Waals surface area contributed by atoms with Gasteiger partial charge in [0.2, 0.25) is 0 Å². The minimum atomic E-state index is -1.72. The summed E-state index contributed by atoms with van der Waals surface area (Å²) in [6.07, 6.45) is 8.38. The van der Waals surface area contributed by atoms with Crippen molar-refractivity contribution in [2.45, 2.75) is 84.5 Å². The number of anilines is 1. The van der Waals surface area contributed by atoms with E-state index in [1.165, 1.54) is 28.8 Å². The lowest BCUT2D eigenvalue weighted by Crippen LogP contribution is -2.41. The second-order valence-corrected chi connectivity index (χ2v) is 15.1. The molecule has 0 radical (unpaired) electrons. The second kappa shape index (κ2) is 9.19. The molecule has 0 N–H and O–H groups in total. The molecule has 30 heavy (non-hydrogen) atoms. The van der Waals surface area contributed by atoms with Gasteiger partial charge in [-0.25, -0.2) is 4.98 Å². The molecule has 2 aromatic heterocycles. The predicted octanol–water partition coefficient (Wildman–Crippen LogP) is 6.39. The Bertz CT molecular complexity index is 860. The van der Waals surface area contributed by atoms with E-state index in [4.69, 9.17) is 14.4 Å². The molecular weight excluding hydrogens is 386 g/mol. The zero-order valence-electron chi connectivity index (χ0n) is 20.0. The molecule has 4 nitrogen and oxygen atoms in total. The minimum Gasteiger partial charge on any atom is -0.417 e. The van der Waals surface area contributed by atoms with Crippen LogP contribution in [0.2, 0.25) is 18.1 Å². The van der Waals surface area contributed by atoms with E-state index in [-0.39, 0.29) is 11.1 Å². The molecule has 0 fully saturated rings. The standard InChI is InChI=1S/C25H39N3OSi/c1-19-17-20(2)24(27-18-19)28(15-10-16-29-30(6,7)25(3,4)5)22-13-8-11-21-12-9-14-26-23(21)22/h9,12,14,17-18,22H,8,10-11,13,15-16H2,1-7H3. The molecule has 0 amide bonds. The van der Waals surface area contributed by atoms with Crippen molar-refractivity contribution >= 4 is 14.1 Å². The third-order valence-corrected chi connectivity index (χ3v) is 11.4. The Labute approximate surface area is 184 Å². The largest absolute Gasteiger partial charge is 0.417 e. The number of nitrogens with zero attached hydrogens (tertiary/aromatic N) is 3. The molecule has 1 aliphatic carbocycles. The molecule has 1 unspecified atom stereocenters. The molecule has 5 heteroatoms. The van der Waals surface area contributed by atoms with E-state index in [0.29, 0.717) is 0 Å². The fourth-order valence-electron chi connectivity index (χ4n) is 4.09. The van der Waals surface area contributed by atoms with Gasteiger partial charge in [-0.2, -0.15) is 0 Å². The maximum absolute atomic E-state index is 6.46. The lowest BCUT2D eigenvalue weighted by molar-refractivity contribution is 0.281. The van der Waals surface area contributed by atoms with E-state index in [1.807, 2.05) is 12.4 Å². The highest BCUT2D eigenvalue weighted by molar-refractivity contribution is 6.74. The van der Waals surface area contributed by atoms with Crippen molar-refractivity contribution in [1.82, 2.24) is 9.97 Å². The van der Waals surface area contributed by atoms with Gasteiger partial charge in [-0.15, -0.1) is 0 Å². The van der Waals surface area contributed by atoms with Crippen molar-refractivity contribution in [2.75, 3.05) is 18.1 Å². The number of pyridine rings is 2. The molecule has 3 rings (SSSR count). The Hall–Kier alpha value is -1.72. The van der Waals surface area contributed by atoms with Crippen molar-refractivity contribution in [3.63, 3.8) is 0 Å². The molecule has 164 valence electrons. The topological polar surface area (TPSA) is 38.2 Å². The Morgan fingerprint density at radius 2 is 1.97 bits per heavy atom. The highest BCUT2D eigenvalue weighted by Crippen LogP contribution is 2.38. The van der Waals surface area contributed by atoms with Crippen molar-refractivity contribution in [1.29, 1.82) is 0 Å². The zero-order chi connectivity index (χ0) is 21.9. The highest BCUT2D eigenvalue weighted by atomic mass is 28.4. The van der Waals surface area contributed by atoms with Crippen LogP contribution < -0.4 is 4.90 Å². The van der Waals surface area contributed by atoms with Gasteiger partial charge >= 0.3 is 0 Å². The number of rotatable bonds is 7. The van der Waals surface area contributed by atoms with Gasteiger partial charge in [0.05, 0.1) is 11.7 Å². The van der Waals surface area contributed by atoms with Crippen molar-refractivity contribution < 1.29 is 4.43 Å². The van der Waals surface area contributed by atoms with Crippen LogP contribution in [0, 0.1) is 13.8 Å². The first-order valence-corrected chi connectivity index (χ1v) is 14.3. The molecule has 1 atom stereocenters. The SMILES string of the molecule is Cc1cnc(N(CCCO[Si](C)(C)C(C)(C)C)C2CCCc3cccnc32)c(C)c1. The molecule has 0 saturated heterocycles. The number of hydrogen-bond acceptors (Lipinski definition) is 4. The van der Waals surface area contributed by atoms with Crippen LogP contribution in [0.25, 0.3) is 0 Å². The molecule has 0 saturated carbocycles. The molecule has 0 aliphatic heterocycles. The molecule has 1 aliphatic rings. The molecule has 0 aromatic carbocycles. The first kappa shape index (κ1) is 23.0. The maximum Gasteiger partial charge on any atom is 0.191 e. The summed E-state index contributed by atoms with van der Waals surface area (Å²) in [7, 11) is -1.72. The van der Waals surface area contributed by atoms with E-state index in [2.05, 4.69) is 70.8 Å². The van der Waals surface area contributed by atoms with Gasteiger partial charge in [-0.3, -0.25) is 4.98 Å². The summed E-state index contributed by atoms with van der Waals surface area (Å²) in [5, 5.41) is 0.244. The maximum atomic E-state index is 6.46. The van der Waals surface area contributed by atoms with E-state index < -0.39 is 8.32 Å². The average Bonchev–Trinajstić information content (AvgIpc) is 2.68. The van der Waals surface area contributed by atoms with Gasteiger partial charge in [0, 0.05) is 25.5 Å². The first-order valence-electron chi connectivity index (χ1n) is 11.4. The molecule has 0 spiro atoms. The molecule has 0 bridgehead atoms. The Morgan fingerprint density at radius 3 is 2.67 bits per heavy atom. The summed E-state index contributed by atoms with van der Waals surface area (Å²) in [5.74, 6) is 1.09. The fourth-order valence-corrected chi connectivity index (χ4v) is 5.17. The summed E-state index contributed by atoms with van der Waals surface area (Å²) in [6.45, 7) is 17.6. The van der Waals surface area contributed by atoms with Crippen LogP contribution in [-0.2, 0) is 10.8 Å².